The Hall–Kier alpha value is -1.59. The molecule has 28 heavy (non-hydrogen) atoms. The lowest BCUT2D eigenvalue weighted by molar-refractivity contribution is -0.0432. The third kappa shape index (κ3) is 6.21. The number of allylic oxidation sites excluding steroid dienone is 2. The van der Waals surface area contributed by atoms with E-state index in [1.54, 1.807) is 6.07 Å². The molecule has 2 aliphatic carbocycles. The van der Waals surface area contributed by atoms with Crippen LogP contribution < -0.4 is 0 Å². The largest absolute Gasteiger partial charge is 0.390 e. The van der Waals surface area contributed by atoms with Crippen molar-refractivity contribution in [3.05, 3.63) is 70.8 Å². The molecule has 0 saturated carbocycles. The van der Waals surface area contributed by atoms with Crippen LogP contribution in [0.3, 0.4) is 0 Å². The molecular weight excluding hydrogens is 368 g/mol. The second-order valence-electron chi connectivity index (χ2n) is 7.49. The van der Waals surface area contributed by atoms with Crippen molar-refractivity contribution in [3.8, 4) is 0 Å². The van der Waals surface area contributed by atoms with E-state index in [0.717, 1.165) is 42.6 Å². The lowest BCUT2D eigenvalue weighted by atomic mass is 9.88. The van der Waals surface area contributed by atoms with Gasteiger partial charge in [0.05, 0.1) is 5.60 Å². The highest BCUT2D eigenvalue weighted by Gasteiger charge is 2.20. The maximum absolute atomic E-state index is 10.2. The highest BCUT2D eigenvalue weighted by molar-refractivity contribution is 7.80. The fourth-order valence-electron chi connectivity index (χ4n) is 3.29. The number of hydrogen-bond acceptors (Lipinski definition) is 4. The minimum Gasteiger partial charge on any atom is -0.390 e. The van der Waals surface area contributed by atoms with E-state index in [4.69, 9.17) is 10.2 Å². The van der Waals surface area contributed by atoms with Gasteiger partial charge in [0.1, 0.15) is 0 Å². The first kappa shape index (κ1) is 22.7. The van der Waals surface area contributed by atoms with E-state index in [0.29, 0.717) is 5.56 Å². The van der Waals surface area contributed by atoms with Gasteiger partial charge in [-0.2, -0.15) is 0 Å². The normalized spacial score (nSPS) is 13.1. The minimum absolute atomic E-state index is 0.498. The second kappa shape index (κ2) is 10.3. The van der Waals surface area contributed by atoms with Gasteiger partial charge in [-0.25, -0.2) is 0 Å². The smallest absolute Gasteiger partial charge is 0.178 e. The van der Waals surface area contributed by atoms with Crippen LogP contribution >= 0.6 is 12.6 Å². The zero-order valence-corrected chi connectivity index (χ0v) is 17.9. The molecule has 0 atom stereocenters. The zero-order chi connectivity index (χ0) is 20.7. The fourth-order valence-corrected chi connectivity index (χ4v) is 3.52. The van der Waals surface area contributed by atoms with Crippen molar-refractivity contribution in [2.75, 3.05) is 0 Å². The molecule has 0 aliphatic heterocycles. The molecule has 0 unspecified atom stereocenters. The van der Waals surface area contributed by atoms with E-state index in [9.17, 15) is 5.11 Å². The summed E-state index contributed by atoms with van der Waals surface area (Å²) in [5.74, 6) is 0. The predicted molar refractivity (Wildman–Crippen MR) is 119 cm³/mol. The summed E-state index contributed by atoms with van der Waals surface area (Å²) in [6.45, 7) is 6.20. The lowest BCUT2D eigenvalue weighted by Gasteiger charge is -2.24. The van der Waals surface area contributed by atoms with Crippen molar-refractivity contribution in [1.82, 2.24) is 0 Å². The average Bonchev–Trinajstić information content (AvgIpc) is 2.67. The number of thiol groups is 1. The van der Waals surface area contributed by atoms with Gasteiger partial charge in [-0.05, 0) is 73.4 Å². The summed E-state index contributed by atoms with van der Waals surface area (Å²) in [7, 11) is 0. The number of rotatable bonds is 7. The minimum atomic E-state index is -1.30. The van der Waals surface area contributed by atoms with Crippen LogP contribution in [0.1, 0.15) is 75.0 Å². The monoisotopic (exact) mass is 400 g/mol. The highest BCUT2D eigenvalue weighted by atomic mass is 32.1. The van der Waals surface area contributed by atoms with Crippen LogP contribution in [0.15, 0.2) is 53.4 Å². The maximum Gasteiger partial charge on any atom is 0.178 e. The van der Waals surface area contributed by atoms with Gasteiger partial charge in [0, 0.05) is 10.5 Å². The lowest BCUT2D eigenvalue weighted by Crippen LogP contribution is -2.25. The number of fused-ring (bicyclic) bond motifs is 2. The van der Waals surface area contributed by atoms with Gasteiger partial charge in [-0.15, -0.1) is 12.6 Å². The first-order chi connectivity index (χ1) is 13.3. The molecule has 0 amide bonds. The molecule has 0 heterocycles. The summed E-state index contributed by atoms with van der Waals surface area (Å²) in [6, 6.07) is 13.8. The van der Waals surface area contributed by atoms with Gasteiger partial charge in [-0.3, -0.25) is 0 Å². The van der Waals surface area contributed by atoms with Crippen molar-refractivity contribution in [2.45, 2.75) is 69.7 Å². The third-order valence-electron chi connectivity index (χ3n) is 5.56. The molecule has 0 aromatic heterocycles. The molecule has 0 radical (unpaired) electrons. The molecule has 0 spiro atoms. The standard InChI is InChI=1S/C16H24OS.C8H8O2/c1-4-16(17,5-2)11-7-8-13(3)14-9-6-10-15(18)12-14;9-8(10)7-2-1-5-3-6(7)4-5/h6,8-10,12,17-18H,4-5,7,11H2,1-3H3;1-3,8-10H,4H2. The Balaban J connectivity index is 0.000000233. The molecule has 3 N–H and O–H groups in total. The molecule has 4 rings (SSSR count). The van der Waals surface area contributed by atoms with Gasteiger partial charge in [-0.1, -0.05) is 50.3 Å². The van der Waals surface area contributed by atoms with E-state index >= 15 is 0 Å². The van der Waals surface area contributed by atoms with Crippen molar-refractivity contribution in [2.24, 2.45) is 0 Å². The number of aliphatic hydroxyl groups excluding tert-OH is 1. The third-order valence-corrected chi connectivity index (χ3v) is 5.84. The van der Waals surface area contributed by atoms with Gasteiger partial charge < -0.3 is 15.3 Å². The highest BCUT2D eigenvalue weighted by Crippen LogP contribution is 2.28. The average molecular weight is 401 g/mol. The zero-order valence-electron chi connectivity index (χ0n) is 17.0. The Morgan fingerprint density at radius 3 is 2.29 bits per heavy atom. The van der Waals surface area contributed by atoms with Crippen LogP contribution in [0.2, 0.25) is 0 Å². The van der Waals surface area contributed by atoms with Crippen molar-refractivity contribution < 1.29 is 15.3 Å². The number of aliphatic hydroxyl groups is 3. The van der Waals surface area contributed by atoms with Gasteiger partial charge in [0.2, 0.25) is 0 Å². The molecule has 2 aromatic carbocycles. The molecule has 2 bridgehead atoms. The van der Waals surface area contributed by atoms with Gasteiger partial charge in [0.15, 0.2) is 6.29 Å². The van der Waals surface area contributed by atoms with Crippen LogP contribution in [0.5, 0.6) is 0 Å². The summed E-state index contributed by atoms with van der Waals surface area (Å²) in [5.41, 5.74) is 4.95. The Morgan fingerprint density at radius 2 is 1.82 bits per heavy atom. The quantitative estimate of drug-likeness (QED) is 0.322. The topological polar surface area (TPSA) is 60.7 Å². The Bertz CT molecular complexity index is 803. The first-order valence-corrected chi connectivity index (χ1v) is 10.4. The predicted octanol–water partition coefficient (Wildman–Crippen LogP) is 5.28. The SMILES string of the molecule is CCC(O)(CC)CCC=C(C)c1cccc(S)c1.OC(O)c1ccc2cc1C2. The molecule has 152 valence electrons. The summed E-state index contributed by atoms with van der Waals surface area (Å²) < 4.78 is 0. The van der Waals surface area contributed by atoms with E-state index < -0.39 is 11.9 Å². The van der Waals surface area contributed by atoms with Crippen molar-refractivity contribution in [1.29, 1.82) is 0 Å². The van der Waals surface area contributed by atoms with Crippen LogP contribution in [0, 0.1) is 0 Å². The van der Waals surface area contributed by atoms with Crippen molar-refractivity contribution in [3.63, 3.8) is 0 Å². The van der Waals surface area contributed by atoms with E-state index in [1.165, 1.54) is 16.7 Å². The van der Waals surface area contributed by atoms with E-state index in [1.807, 2.05) is 38.1 Å². The summed E-state index contributed by atoms with van der Waals surface area (Å²) >= 11 is 4.35. The molecule has 4 heteroatoms. The van der Waals surface area contributed by atoms with Gasteiger partial charge >= 0.3 is 0 Å². The van der Waals surface area contributed by atoms with Crippen LogP contribution in [0.25, 0.3) is 5.57 Å². The van der Waals surface area contributed by atoms with Gasteiger partial charge in [0.25, 0.3) is 0 Å². The van der Waals surface area contributed by atoms with E-state index in [2.05, 4.69) is 37.8 Å². The maximum atomic E-state index is 10.2. The number of hydrogen-bond donors (Lipinski definition) is 4. The molecule has 2 aliphatic rings. The molecule has 3 nitrogen and oxygen atoms in total. The summed E-state index contributed by atoms with van der Waals surface area (Å²) in [6.07, 6.45) is 5.20. The van der Waals surface area contributed by atoms with Crippen LogP contribution in [0.4, 0.5) is 0 Å². The molecular formula is C24H32O3S. The second-order valence-corrected chi connectivity index (χ2v) is 8.01. The number of benzene rings is 2. The Kier molecular flexibility index (Phi) is 8.32. The Morgan fingerprint density at radius 1 is 1.14 bits per heavy atom. The van der Waals surface area contributed by atoms with Crippen LogP contribution in [-0.2, 0) is 6.42 Å². The first-order valence-electron chi connectivity index (χ1n) is 9.94. The van der Waals surface area contributed by atoms with Crippen molar-refractivity contribution >= 4 is 18.2 Å². The van der Waals surface area contributed by atoms with Crippen LogP contribution in [-0.4, -0.2) is 20.9 Å². The molecule has 0 saturated heterocycles. The molecule has 2 aromatic rings. The Labute approximate surface area is 174 Å². The fraction of sp³-hybridized carbons (Fsp3) is 0.417. The van der Waals surface area contributed by atoms with E-state index in [-0.39, 0.29) is 0 Å². The molecule has 0 fully saturated rings. The summed E-state index contributed by atoms with van der Waals surface area (Å²) in [5, 5.41) is 27.8. The summed E-state index contributed by atoms with van der Waals surface area (Å²) in [4.78, 5) is 0.985.